The molecule has 1 saturated carbocycles. The van der Waals surface area contributed by atoms with Crippen LogP contribution in [-0.4, -0.2) is 79.8 Å². The molecule has 0 spiro atoms. The van der Waals surface area contributed by atoms with Crippen LogP contribution in [0.25, 0.3) is 5.57 Å². The summed E-state index contributed by atoms with van der Waals surface area (Å²) in [5, 5.41) is 10.7. The molecule has 0 bridgehead atoms. The number of carbonyl (C=O) groups excluding carboxylic acids is 1. The van der Waals surface area contributed by atoms with Crippen molar-refractivity contribution in [1.29, 1.82) is 0 Å². The number of fused-ring (bicyclic) bond motifs is 1. The van der Waals surface area contributed by atoms with Gasteiger partial charge < -0.3 is 24.4 Å². The smallest absolute Gasteiger partial charge is 0.173 e. The second-order valence-corrected chi connectivity index (χ2v) is 8.22. The molecule has 4 atom stereocenters. The monoisotopic (exact) mass is 386 g/mol. The molecule has 6 nitrogen and oxygen atoms in total. The Morgan fingerprint density at radius 2 is 1.93 bits per heavy atom. The molecule has 4 unspecified atom stereocenters. The highest BCUT2D eigenvalue weighted by Crippen LogP contribution is 2.41. The van der Waals surface area contributed by atoms with E-state index in [2.05, 4.69) is 16.8 Å². The minimum Gasteiger partial charge on any atom is -0.496 e. The molecule has 0 aromatic heterocycles. The number of nitrogens with zero attached hydrogens (tertiary/aromatic N) is 2. The summed E-state index contributed by atoms with van der Waals surface area (Å²) in [5.74, 6) is 0.539. The molecule has 6 heteroatoms. The lowest BCUT2D eigenvalue weighted by molar-refractivity contribution is -0.133. The van der Waals surface area contributed by atoms with Gasteiger partial charge in [-0.05, 0) is 26.0 Å². The number of hydrogen-bond donors (Lipinski definition) is 1. The maximum Gasteiger partial charge on any atom is 0.173 e. The highest BCUT2D eigenvalue weighted by atomic mass is 16.5. The van der Waals surface area contributed by atoms with E-state index in [1.165, 1.54) is 0 Å². The van der Waals surface area contributed by atoms with Crippen LogP contribution in [0.1, 0.15) is 18.4 Å². The maximum atomic E-state index is 13.3. The second kappa shape index (κ2) is 8.23. The topological polar surface area (TPSA) is 62.2 Å². The van der Waals surface area contributed by atoms with Crippen molar-refractivity contribution >= 4 is 11.4 Å². The Balaban J connectivity index is 1.54. The standard InChI is InChI=1S/C22H30N2O4/c1-23-9-11-24(12-10-23)13-17-19(25)8-7-16-21(26)18(14-28-22(16)17)15-5-3-4-6-20(15)27-2/h3-6,14,16-17,19,22,25H,7-13H2,1-2H3. The third-order valence-electron chi connectivity index (χ3n) is 6.49. The van der Waals surface area contributed by atoms with Gasteiger partial charge >= 0.3 is 0 Å². The van der Waals surface area contributed by atoms with Crippen LogP contribution in [0.5, 0.6) is 5.75 Å². The Bertz CT molecular complexity index is 742. The number of Topliss-reactive ketones (excluding diaryl/α,β-unsaturated/α-hetero) is 1. The van der Waals surface area contributed by atoms with Crippen LogP contribution in [0.15, 0.2) is 30.5 Å². The van der Waals surface area contributed by atoms with Gasteiger partial charge in [-0.2, -0.15) is 0 Å². The number of para-hydroxylation sites is 1. The van der Waals surface area contributed by atoms with Crippen LogP contribution in [0.2, 0.25) is 0 Å². The first-order chi connectivity index (χ1) is 13.6. The largest absolute Gasteiger partial charge is 0.496 e. The molecule has 3 aliphatic rings. The molecule has 1 N–H and O–H groups in total. The average molecular weight is 386 g/mol. The minimum absolute atomic E-state index is 0.0402. The van der Waals surface area contributed by atoms with E-state index in [9.17, 15) is 9.90 Å². The molecule has 2 aliphatic heterocycles. The lowest BCUT2D eigenvalue weighted by atomic mass is 9.72. The Kier molecular flexibility index (Phi) is 5.71. The molecule has 1 aromatic carbocycles. The van der Waals surface area contributed by atoms with Gasteiger partial charge in [0, 0.05) is 44.2 Å². The van der Waals surface area contributed by atoms with Gasteiger partial charge in [-0.15, -0.1) is 0 Å². The quantitative estimate of drug-likeness (QED) is 0.849. The van der Waals surface area contributed by atoms with Crippen LogP contribution in [0, 0.1) is 11.8 Å². The van der Waals surface area contributed by atoms with Gasteiger partial charge in [0.05, 0.1) is 31.0 Å². The van der Waals surface area contributed by atoms with Gasteiger partial charge in [0.2, 0.25) is 0 Å². The normalized spacial score (nSPS) is 31.7. The summed E-state index contributed by atoms with van der Waals surface area (Å²) in [6.07, 6.45) is 2.23. The van der Waals surface area contributed by atoms with E-state index in [-0.39, 0.29) is 23.7 Å². The van der Waals surface area contributed by atoms with Gasteiger partial charge in [-0.1, -0.05) is 18.2 Å². The van der Waals surface area contributed by atoms with Crippen molar-refractivity contribution in [2.45, 2.75) is 25.0 Å². The fourth-order valence-corrected chi connectivity index (χ4v) is 4.74. The number of carbonyl (C=O) groups is 1. The third-order valence-corrected chi connectivity index (χ3v) is 6.49. The Hall–Kier alpha value is -1.89. The predicted molar refractivity (Wildman–Crippen MR) is 107 cm³/mol. The number of ketones is 1. The third kappa shape index (κ3) is 3.69. The van der Waals surface area contributed by atoms with Crippen molar-refractivity contribution in [3.63, 3.8) is 0 Å². The van der Waals surface area contributed by atoms with Crippen molar-refractivity contribution in [3.8, 4) is 5.75 Å². The maximum absolute atomic E-state index is 13.3. The first-order valence-corrected chi connectivity index (χ1v) is 10.2. The molecular formula is C22H30N2O4. The lowest BCUT2D eigenvalue weighted by Gasteiger charge is -2.44. The molecule has 2 fully saturated rings. The van der Waals surface area contributed by atoms with Gasteiger partial charge in [-0.3, -0.25) is 4.79 Å². The van der Waals surface area contributed by atoms with E-state index in [4.69, 9.17) is 9.47 Å². The number of ether oxygens (including phenoxy) is 2. The van der Waals surface area contributed by atoms with Crippen LogP contribution >= 0.6 is 0 Å². The van der Waals surface area contributed by atoms with E-state index in [1.54, 1.807) is 13.4 Å². The van der Waals surface area contributed by atoms with Crippen LogP contribution in [-0.2, 0) is 9.53 Å². The highest BCUT2D eigenvalue weighted by Gasteiger charge is 2.47. The summed E-state index contributed by atoms with van der Waals surface area (Å²) in [6, 6.07) is 7.55. The van der Waals surface area contributed by atoms with Crippen molar-refractivity contribution < 1.29 is 19.4 Å². The molecule has 1 aromatic rings. The summed E-state index contributed by atoms with van der Waals surface area (Å²) in [6.45, 7) is 4.84. The number of rotatable bonds is 4. The van der Waals surface area contributed by atoms with E-state index in [0.29, 0.717) is 24.2 Å². The molecule has 1 saturated heterocycles. The number of aliphatic hydroxyl groups is 1. The van der Waals surface area contributed by atoms with Crippen molar-refractivity contribution in [2.75, 3.05) is 46.9 Å². The number of likely N-dealkylation sites (N-methyl/N-ethyl adjacent to an activating group) is 1. The average Bonchev–Trinajstić information content (AvgIpc) is 2.72. The number of allylic oxidation sites excluding steroid dienone is 1. The first kappa shape index (κ1) is 19.4. The van der Waals surface area contributed by atoms with E-state index >= 15 is 0 Å². The van der Waals surface area contributed by atoms with E-state index in [0.717, 1.165) is 38.3 Å². The molecule has 152 valence electrons. The summed E-state index contributed by atoms with van der Waals surface area (Å²) in [4.78, 5) is 18.0. The van der Waals surface area contributed by atoms with Crippen molar-refractivity contribution in [2.24, 2.45) is 11.8 Å². The number of methoxy groups -OCH3 is 1. The second-order valence-electron chi connectivity index (χ2n) is 8.22. The Labute approximate surface area is 166 Å². The van der Waals surface area contributed by atoms with E-state index in [1.807, 2.05) is 24.3 Å². The van der Waals surface area contributed by atoms with Gasteiger partial charge in [0.15, 0.2) is 5.78 Å². The molecule has 1 aliphatic carbocycles. The van der Waals surface area contributed by atoms with Crippen LogP contribution in [0.4, 0.5) is 0 Å². The fourth-order valence-electron chi connectivity index (χ4n) is 4.74. The van der Waals surface area contributed by atoms with E-state index < -0.39 is 6.10 Å². The lowest BCUT2D eigenvalue weighted by Crippen LogP contribution is -2.54. The zero-order valence-electron chi connectivity index (χ0n) is 16.7. The zero-order valence-corrected chi connectivity index (χ0v) is 16.7. The molecule has 0 amide bonds. The van der Waals surface area contributed by atoms with Gasteiger partial charge in [0.25, 0.3) is 0 Å². The van der Waals surface area contributed by atoms with Crippen LogP contribution in [0.3, 0.4) is 0 Å². The Morgan fingerprint density at radius 1 is 1.18 bits per heavy atom. The molecule has 28 heavy (non-hydrogen) atoms. The molecular weight excluding hydrogens is 356 g/mol. The highest BCUT2D eigenvalue weighted by molar-refractivity contribution is 6.22. The Morgan fingerprint density at radius 3 is 2.68 bits per heavy atom. The number of benzene rings is 1. The van der Waals surface area contributed by atoms with Gasteiger partial charge in [-0.25, -0.2) is 0 Å². The first-order valence-electron chi connectivity index (χ1n) is 10.2. The summed E-state index contributed by atoms with van der Waals surface area (Å²) in [5.41, 5.74) is 1.35. The SMILES string of the molecule is COc1ccccc1C1=COC2C(CCC(O)C2CN2CCN(C)CC2)C1=O. The number of piperazine rings is 1. The van der Waals surface area contributed by atoms with Crippen molar-refractivity contribution in [1.82, 2.24) is 9.80 Å². The van der Waals surface area contributed by atoms with Crippen molar-refractivity contribution in [3.05, 3.63) is 36.1 Å². The van der Waals surface area contributed by atoms with Crippen LogP contribution < -0.4 is 4.74 Å². The molecule has 4 rings (SSSR count). The minimum atomic E-state index is -0.421. The number of hydrogen-bond acceptors (Lipinski definition) is 6. The number of aliphatic hydroxyl groups excluding tert-OH is 1. The van der Waals surface area contributed by atoms with Gasteiger partial charge in [0.1, 0.15) is 11.9 Å². The zero-order chi connectivity index (χ0) is 19.7. The summed E-state index contributed by atoms with van der Waals surface area (Å²) in [7, 11) is 3.75. The summed E-state index contributed by atoms with van der Waals surface area (Å²) < 4.78 is 11.6. The molecule has 2 heterocycles. The molecule has 0 radical (unpaired) electrons. The fraction of sp³-hybridized carbons (Fsp3) is 0.591. The predicted octanol–water partition coefficient (Wildman–Crippen LogP) is 1.64. The summed E-state index contributed by atoms with van der Waals surface area (Å²) >= 11 is 0.